The van der Waals surface area contributed by atoms with Gasteiger partial charge >= 0.3 is 0 Å². The van der Waals surface area contributed by atoms with E-state index in [1.807, 2.05) is 0 Å². The summed E-state index contributed by atoms with van der Waals surface area (Å²) in [4.78, 5) is 2.42. The maximum atomic E-state index is 5.95. The molecule has 2 atom stereocenters. The second kappa shape index (κ2) is 7.36. The average Bonchev–Trinajstić information content (AvgIpc) is 2.46. The largest absolute Gasteiger partial charge is 0.374 e. The summed E-state index contributed by atoms with van der Waals surface area (Å²) in [5, 5.41) is 0. The molecule has 4 heteroatoms. The molecule has 1 aliphatic heterocycles. The van der Waals surface area contributed by atoms with E-state index >= 15 is 0 Å². The molecule has 118 valence electrons. The summed E-state index contributed by atoms with van der Waals surface area (Å²) in [7, 11) is 0. The van der Waals surface area contributed by atoms with Gasteiger partial charge in [-0.15, -0.1) is 0 Å². The number of hydrogen-bond donors (Lipinski definition) is 2. The van der Waals surface area contributed by atoms with Gasteiger partial charge in [-0.2, -0.15) is 0 Å². The predicted octanol–water partition coefficient (Wildman–Crippen LogP) is 1.71. The van der Waals surface area contributed by atoms with E-state index < -0.39 is 0 Å². The first-order valence-corrected chi connectivity index (χ1v) is 7.92. The predicted molar refractivity (Wildman–Crippen MR) is 87.3 cm³/mol. The monoisotopic (exact) mass is 291 g/mol. The molecule has 0 bridgehead atoms. The zero-order valence-corrected chi connectivity index (χ0v) is 13.8. The van der Waals surface area contributed by atoms with Crippen molar-refractivity contribution in [2.24, 2.45) is 5.84 Å². The third-order valence-corrected chi connectivity index (χ3v) is 4.55. The fourth-order valence-electron chi connectivity index (χ4n) is 3.31. The van der Waals surface area contributed by atoms with Crippen LogP contribution in [-0.2, 0) is 11.2 Å². The summed E-state index contributed by atoms with van der Waals surface area (Å²) in [6.45, 7) is 12.5. The van der Waals surface area contributed by atoms with Crippen LogP contribution in [-0.4, -0.2) is 43.3 Å². The van der Waals surface area contributed by atoms with Crippen LogP contribution in [0.5, 0.6) is 0 Å². The molecule has 1 saturated heterocycles. The summed E-state index contributed by atoms with van der Waals surface area (Å²) < 4.78 is 5.95. The van der Waals surface area contributed by atoms with Crippen molar-refractivity contribution in [1.29, 1.82) is 0 Å². The second-order valence-electron chi connectivity index (χ2n) is 6.16. The molecule has 1 fully saturated rings. The van der Waals surface area contributed by atoms with Gasteiger partial charge in [-0.05, 0) is 50.4 Å². The van der Waals surface area contributed by atoms with Gasteiger partial charge in [0.05, 0.1) is 18.8 Å². The minimum absolute atomic E-state index is 0.152. The van der Waals surface area contributed by atoms with Crippen LogP contribution in [0.25, 0.3) is 0 Å². The van der Waals surface area contributed by atoms with Gasteiger partial charge in [0.15, 0.2) is 0 Å². The molecule has 0 radical (unpaired) electrons. The number of morpholine rings is 1. The maximum Gasteiger partial charge on any atom is 0.0871 e. The van der Waals surface area contributed by atoms with Gasteiger partial charge in [0.2, 0.25) is 0 Å². The Bertz CT molecular complexity index is 452. The van der Waals surface area contributed by atoms with Crippen molar-refractivity contribution in [3.8, 4) is 0 Å². The van der Waals surface area contributed by atoms with Crippen molar-refractivity contribution < 1.29 is 4.74 Å². The van der Waals surface area contributed by atoms with Crippen molar-refractivity contribution in [2.75, 3.05) is 26.2 Å². The van der Waals surface area contributed by atoms with Gasteiger partial charge in [-0.3, -0.25) is 16.2 Å². The Hall–Kier alpha value is -0.940. The van der Waals surface area contributed by atoms with Gasteiger partial charge in [-0.1, -0.05) is 24.6 Å². The summed E-state index contributed by atoms with van der Waals surface area (Å²) in [5.74, 6) is 5.82. The van der Waals surface area contributed by atoms with E-state index in [9.17, 15) is 0 Å². The lowest BCUT2D eigenvalue weighted by Crippen LogP contribution is -2.54. The van der Waals surface area contributed by atoms with Gasteiger partial charge in [0, 0.05) is 13.1 Å². The number of aryl methyl sites for hydroxylation is 3. The lowest BCUT2D eigenvalue weighted by molar-refractivity contribution is -0.0448. The zero-order chi connectivity index (χ0) is 15.4. The van der Waals surface area contributed by atoms with Crippen LogP contribution in [0.3, 0.4) is 0 Å². The van der Waals surface area contributed by atoms with E-state index in [2.05, 4.69) is 50.2 Å². The second-order valence-corrected chi connectivity index (χ2v) is 6.16. The molecule has 1 aromatic carbocycles. The minimum Gasteiger partial charge on any atom is -0.374 e. The molecule has 1 heterocycles. The van der Waals surface area contributed by atoms with Crippen LogP contribution in [0.15, 0.2) is 12.1 Å². The first kappa shape index (κ1) is 16.4. The highest BCUT2D eigenvalue weighted by molar-refractivity contribution is 5.38. The summed E-state index contributed by atoms with van der Waals surface area (Å²) in [5.41, 5.74) is 8.38. The van der Waals surface area contributed by atoms with Crippen molar-refractivity contribution in [2.45, 2.75) is 46.3 Å². The molecule has 0 amide bonds. The highest BCUT2D eigenvalue weighted by Crippen LogP contribution is 2.20. The van der Waals surface area contributed by atoms with Gasteiger partial charge in [-0.25, -0.2) is 0 Å². The lowest BCUT2D eigenvalue weighted by atomic mass is 9.92. The third-order valence-electron chi connectivity index (χ3n) is 4.55. The molecule has 0 aliphatic carbocycles. The highest BCUT2D eigenvalue weighted by atomic mass is 16.5. The minimum atomic E-state index is 0.152. The Balaban J connectivity index is 2.12. The fourth-order valence-corrected chi connectivity index (χ4v) is 3.31. The standard InChI is InChI=1S/C17H29N3O/c1-5-20-6-7-21-17(11-20)16(19-18)10-15-13(3)8-12(2)9-14(15)4/h8-9,16-17,19H,5-7,10-11,18H2,1-4H3. The highest BCUT2D eigenvalue weighted by Gasteiger charge is 2.27. The lowest BCUT2D eigenvalue weighted by Gasteiger charge is -2.36. The van der Waals surface area contributed by atoms with Crippen LogP contribution in [0.4, 0.5) is 0 Å². The average molecular weight is 291 g/mol. The van der Waals surface area contributed by atoms with E-state index in [0.29, 0.717) is 0 Å². The Labute approximate surface area is 128 Å². The van der Waals surface area contributed by atoms with Gasteiger partial charge in [0.25, 0.3) is 0 Å². The van der Waals surface area contributed by atoms with E-state index in [0.717, 1.165) is 32.7 Å². The SMILES string of the molecule is CCN1CCOC(C(Cc2c(C)cc(C)cc2C)NN)C1. The molecule has 21 heavy (non-hydrogen) atoms. The van der Waals surface area contributed by atoms with Crippen molar-refractivity contribution in [3.63, 3.8) is 0 Å². The molecule has 0 saturated carbocycles. The van der Waals surface area contributed by atoms with E-state index in [1.165, 1.54) is 22.3 Å². The van der Waals surface area contributed by atoms with Crippen LogP contribution in [0.1, 0.15) is 29.2 Å². The third kappa shape index (κ3) is 4.04. The first-order valence-electron chi connectivity index (χ1n) is 7.92. The normalized spacial score (nSPS) is 21.5. The Morgan fingerprint density at radius 2 is 2.00 bits per heavy atom. The number of hydrogen-bond acceptors (Lipinski definition) is 4. The number of nitrogens with one attached hydrogen (secondary N) is 1. The van der Waals surface area contributed by atoms with E-state index in [-0.39, 0.29) is 12.1 Å². The molecular formula is C17H29N3O. The molecule has 0 spiro atoms. The van der Waals surface area contributed by atoms with Crippen LogP contribution in [0.2, 0.25) is 0 Å². The number of hydrazine groups is 1. The van der Waals surface area contributed by atoms with Crippen molar-refractivity contribution in [3.05, 3.63) is 34.4 Å². The quantitative estimate of drug-likeness (QED) is 0.640. The molecule has 2 unspecified atom stereocenters. The number of nitrogens with two attached hydrogens (primary N) is 1. The topological polar surface area (TPSA) is 50.5 Å². The van der Waals surface area contributed by atoms with Crippen molar-refractivity contribution >= 4 is 0 Å². The fraction of sp³-hybridized carbons (Fsp3) is 0.647. The summed E-state index contributed by atoms with van der Waals surface area (Å²) >= 11 is 0. The van der Waals surface area contributed by atoms with E-state index in [1.54, 1.807) is 0 Å². The molecular weight excluding hydrogens is 262 g/mol. The molecule has 1 aliphatic rings. The number of ether oxygens (including phenoxy) is 1. The summed E-state index contributed by atoms with van der Waals surface area (Å²) in [6, 6.07) is 4.64. The smallest absolute Gasteiger partial charge is 0.0871 e. The van der Waals surface area contributed by atoms with Gasteiger partial charge in [0.1, 0.15) is 0 Å². The van der Waals surface area contributed by atoms with Crippen LogP contribution >= 0.6 is 0 Å². The maximum absolute atomic E-state index is 5.95. The van der Waals surface area contributed by atoms with Crippen LogP contribution < -0.4 is 11.3 Å². The number of likely N-dealkylation sites (N-methyl/N-ethyl adjacent to an activating group) is 1. The zero-order valence-electron chi connectivity index (χ0n) is 13.8. The molecule has 2 rings (SSSR count). The number of nitrogens with zero attached hydrogens (tertiary/aromatic N) is 1. The van der Waals surface area contributed by atoms with E-state index in [4.69, 9.17) is 10.6 Å². The Morgan fingerprint density at radius 3 is 2.57 bits per heavy atom. The Kier molecular flexibility index (Phi) is 5.76. The van der Waals surface area contributed by atoms with Crippen molar-refractivity contribution in [1.82, 2.24) is 10.3 Å². The summed E-state index contributed by atoms with van der Waals surface area (Å²) in [6.07, 6.45) is 1.07. The van der Waals surface area contributed by atoms with Gasteiger partial charge < -0.3 is 4.74 Å². The molecule has 3 N–H and O–H groups in total. The Morgan fingerprint density at radius 1 is 1.33 bits per heavy atom. The number of rotatable bonds is 5. The number of benzene rings is 1. The molecule has 4 nitrogen and oxygen atoms in total. The first-order chi connectivity index (χ1) is 10.0. The molecule has 1 aromatic rings. The molecule has 0 aromatic heterocycles. The van der Waals surface area contributed by atoms with Crippen LogP contribution in [0, 0.1) is 20.8 Å².